The van der Waals surface area contributed by atoms with Crippen LogP contribution in [0.2, 0.25) is 0 Å². The Bertz CT molecular complexity index is 1000. The molecule has 1 saturated heterocycles. The van der Waals surface area contributed by atoms with Gasteiger partial charge in [-0.2, -0.15) is 4.31 Å². The second kappa shape index (κ2) is 7.66. The number of hydrogen-bond acceptors (Lipinski definition) is 4. The first-order chi connectivity index (χ1) is 12.8. The number of rotatable bonds is 5. The van der Waals surface area contributed by atoms with Crippen LogP contribution in [0.1, 0.15) is 24.0 Å². The minimum absolute atomic E-state index is 0.0307. The minimum Gasteiger partial charge on any atom is -0.325 e. The summed E-state index contributed by atoms with van der Waals surface area (Å²) < 4.78 is 27.9. The average Bonchev–Trinajstić information content (AvgIpc) is 3.11. The average molecular weight is 389 g/mol. The molecule has 0 bridgehead atoms. The number of pyridine rings is 1. The highest BCUT2D eigenvalue weighted by Crippen LogP contribution is 2.20. The van der Waals surface area contributed by atoms with E-state index >= 15 is 0 Å². The van der Waals surface area contributed by atoms with Crippen molar-refractivity contribution < 1.29 is 13.2 Å². The molecule has 8 heteroatoms. The van der Waals surface area contributed by atoms with Crippen LogP contribution in [0.4, 0.5) is 5.69 Å². The molecule has 1 aliphatic rings. The summed E-state index contributed by atoms with van der Waals surface area (Å²) in [6.07, 6.45) is 2.91. The summed E-state index contributed by atoms with van der Waals surface area (Å²) >= 11 is 0. The van der Waals surface area contributed by atoms with Crippen LogP contribution in [0.3, 0.4) is 0 Å². The van der Waals surface area contributed by atoms with E-state index < -0.39 is 21.5 Å². The van der Waals surface area contributed by atoms with Crippen LogP contribution in [-0.2, 0) is 21.4 Å². The molecule has 3 rings (SSSR count). The second-order valence-corrected chi connectivity index (χ2v) is 8.80. The van der Waals surface area contributed by atoms with Crippen LogP contribution >= 0.6 is 0 Å². The Kier molecular flexibility index (Phi) is 5.48. The lowest BCUT2D eigenvalue weighted by atomic mass is 10.1. The fourth-order valence-electron chi connectivity index (χ4n) is 3.27. The van der Waals surface area contributed by atoms with Gasteiger partial charge in [-0.15, -0.1) is 0 Å². The minimum atomic E-state index is -3.64. The molecular weight excluding hydrogens is 366 g/mol. The summed E-state index contributed by atoms with van der Waals surface area (Å²) in [5, 5.41) is 2.75. The summed E-state index contributed by atoms with van der Waals surface area (Å²) in [6, 6.07) is 8.15. The fraction of sp³-hybridized carbons (Fsp3) is 0.368. The molecule has 144 valence electrons. The van der Waals surface area contributed by atoms with Gasteiger partial charge in [0, 0.05) is 31.0 Å². The van der Waals surface area contributed by atoms with E-state index in [0.29, 0.717) is 18.8 Å². The number of benzene rings is 1. The standard InChI is InChI=1S/C19H23N3O4S/c1-14-9-15(2)11-16(10-14)20-18(23)13-21-12-17(5-6-19(21)24)27(25,26)22-7-3-4-8-22/h5-6,9-12H,3-4,7-8,13H2,1-2H3,(H,20,23). The number of anilines is 1. The number of amides is 1. The molecule has 0 saturated carbocycles. The van der Waals surface area contributed by atoms with Gasteiger partial charge in [0.2, 0.25) is 15.9 Å². The smallest absolute Gasteiger partial charge is 0.251 e. The number of nitrogens with zero attached hydrogens (tertiary/aromatic N) is 2. The van der Waals surface area contributed by atoms with Crippen molar-refractivity contribution in [2.24, 2.45) is 0 Å². The van der Waals surface area contributed by atoms with E-state index in [9.17, 15) is 18.0 Å². The van der Waals surface area contributed by atoms with Crippen LogP contribution in [0.5, 0.6) is 0 Å². The van der Waals surface area contributed by atoms with Gasteiger partial charge in [-0.25, -0.2) is 8.42 Å². The zero-order valence-corrected chi connectivity index (χ0v) is 16.3. The zero-order chi connectivity index (χ0) is 19.6. The lowest BCUT2D eigenvalue weighted by Gasteiger charge is -2.16. The van der Waals surface area contributed by atoms with Crippen molar-refractivity contribution in [3.8, 4) is 0 Å². The molecule has 0 aliphatic carbocycles. The van der Waals surface area contributed by atoms with Crippen LogP contribution < -0.4 is 10.9 Å². The van der Waals surface area contributed by atoms with Crippen LogP contribution in [0.15, 0.2) is 46.2 Å². The van der Waals surface area contributed by atoms with E-state index in [1.165, 1.54) is 22.6 Å². The molecule has 1 fully saturated rings. The molecule has 7 nitrogen and oxygen atoms in total. The Morgan fingerprint density at radius 3 is 2.33 bits per heavy atom. The first kappa shape index (κ1) is 19.3. The molecule has 0 spiro atoms. The van der Waals surface area contributed by atoms with Gasteiger partial charge in [-0.1, -0.05) is 6.07 Å². The third kappa shape index (κ3) is 4.45. The van der Waals surface area contributed by atoms with Gasteiger partial charge >= 0.3 is 0 Å². The number of sulfonamides is 1. The van der Waals surface area contributed by atoms with Gasteiger partial charge in [0.25, 0.3) is 5.56 Å². The third-order valence-electron chi connectivity index (χ3n) is 4.48. The SMILES string of the molecule is Cc1cc(C)cc(NC(=O)Cn2cc(S(=O)(=O)N3CCCC3)ccc2=O)c1. The predicted octanol–water partition coefficient (Wildman–Crippen LogP) is 1.89. The van der Waals surface area contributed by atoms with Crippen molar-refractivity contribution in [2.45, 2.75) is 38.1 Å². The number of carbonyl (C=O) groups is 1. The van der Waals surface area contributed by atoms with Gasteiger partial charge in [0.15, 0.2) is 0 Å². The van der Waals surface area contributed by atoms with Crippen LogP contribution in [-0.4, -0.2) is 36.3 Å². The summed E-state index contributed by atoms with van der Waals surface area (Å²) in [4.78, 5) is 24.5. The molecule has 0 atom stereocenters. The molecule has 1 aromatic heterocycles. The highest BCUT2D eigenvalue weighted by Gasteiger charge is 2.27. The molecule has 2 aromatic rings. The molecule has 27 heavy (non-hydrogen) atoms. The van der Waals surface area contributed by atoms with Gasteiger partial charge < -0.3 is 9.88 Å². The fourth-order valence-corrected chi connectivity index (χ4v) is 4.80. The molecule has 1 aromatic carbocycles. The second-order valence-electron chi connectivity index (χ2n) is 6.87. The number of nitrogens with one attached hydrogen (secondary N) is 1. The maximum absolute atomic E-state index is 12.7. The normalized spacial score (nSPS) is 15.0. The van der Waals surface area contributed by atoms with Gasteiger partial charge in [-0.3, -0.25) is 9.59 Å². The Labute approximate surface area is 158 Å². The monoisotopic (exact) mass is 389 g/mol. The van der Waals surface area contributed by atoms with E-state index in [1.807, 2.05) is 32.0 Å². The number of aromatic nitrogens is 1. The Morgan fingerprint density at radius 2 is 1.70 bits per heavy atom. The summed E-state index contributed by atoms with van der Waals surface area (Å²) in [5.41, 5.74) is 2.25. The van der Waals surface area contributed by atoms with Gasteiger partial charge in [0.05, 0.1) is 4.90 Å². The first-order valence-electron chi connectivity index (χ1n) is 8.84. The Hall–Kier alpha value is -2.45. The maximum atomic E-state index is 12.7. The zero-order valence-electron chi connectivity index (χ0n) is 15.4. The Morgan fingerprint density at radius 1 is 1.07 bits per heavy atom. The van der Waals surface area contributed by atoms with Gasteiger partial charge in [0.1, 0.15) is 6.54 Å². The third-order valence-corrected chi connectivity index (χ3v) is 6.36. The first-order valence-corrected chi connectivity index (χ1v) is 10.3. The molecular formula is C19H23N3O4S. The van der Waals surface area contributed by atoms with E-state index in [2.05, 4.69) is 5.32 Å². The van der Waals surface area contributed by atoms with Crippen molar-refractivity contribution in [1.82, 2.24) is 8.87 Å². The quantitative estimate of drug-likeness (QED) is 0.846. The van der Waals surface area contributed by atoms with Crippen molar-refractivity contribution in [3.05, 3.63) is 58.0 Å². The van der Waals surface area contributed by atoms with Crippen LogP contribution in [0, 0.1) is 13.8 Å². The lowest BCUT2D eigenvalue weighted by Crippen LogP contribution is -2.31. The molecule has 0 radical (unpaired) electrons. The molecule has 2 heterocycles. The largest absolute Gasteiger partial charge is 0.325 e. The van der Waals surface area contributed by atoms with E-state index in [1.54, 1.807) is 0 Å². The van der Waals surface area contributed by atoms with Crippen molar-refractivity contribution in [2.75, 3.05) is 18.4 Å². The van der Waals surface area contributed by atoms with Crippen molar-refractivity contribution in [3.63, 3.8) is 0 Å². The van der Waals surface area contributed by atoms with Gasteiger partial charge in [-0.05, 0) is 56.0 Å². The number of aryl methyl sites for hydroxylation is 2. The van der Waals surface area contributed by atoms with Crippen LogP contribution in [0.25, 0.3) is 0 Å². The topological polar surface area (TPSA) is 88.5 Å². The highest BCUT2D eigenvalue weighted by molar-refractivity contribution is 7.89. The summed E-state index contributed by atoms with van der Waals surface area (Å²) in [7, 11) is -3.64. The number of carbonyl (C=O) groups excluding carboxylic acids is 1. The maximum Gasteiger partial charge on any atom is 0.251 e. The summed E-state index contributed by atoms with van der Waals surface area (Å²) in [6.45, 7) is 4.57. The predicted molar refractivity (Wildman–Crippen MR) is 103 cm³/mol. The van der Waals surface area contributed by atoms with E-state index in [0.717, 1.165) is 28.5 Å². The Balaban J connectivity index is 1.80. The highest BCUT2D eigenvalue weighted by atomic mass is 32.2. The van der Waals surface area contributed by atoms with E-state index in [4.69, 9.17) is 0 Å². The summed E-state index contributed by atoms with van der Waals surface area (Å²) in [5.74, 6) is -0.391. The molecule has 0 unspecified atom stereocenters. The molecule has 1 N–H and O–H groups in total. The van der Waals surface area contributed by atoms with E-state index in [-0.39, 0.29) is 11.4 Å². The van der Waals surface area contributed by atoms with Crippen molar-refractivity contribution >= 4 is 21.6 Å². The lowest BCUT2D eigenvalue weighted by molar-refractivity contribution is -0.116. The molecule has 1 aliphatic heterocycles. The molecule has 1 amide bonds. The van der Waals surface area contributed by atoms with Crippen molar-refractivity contribution in [1.29, 1.82) is 0 Å². The number of hydrogen-bond donors (Lipinski definition) is 1.